The van der Waals surface area contributed by atoms with Gasteiger partial charge in [0.05, 0.1) is 26.4 Å². The molecule has 0 bridgehead atoms. The zero-order chi connectivity index (χ0) is 18.2. The third-order valence-electron chi connectivity index (χ3n) is 3.45. The molecule has 0 amide bonds. The number of rotatable bonds is 8. The van der Waals surface area contributed by atoms with Gasteiger partial charge in [0, 0.05) is 0 Å². The van der Waals surface area contributed by atoms with E-state index in [1.54, 1.807) is 42.5 Å². The third-order valence-corrected chi connectivity index (χ3v) is 3.45. The molecule has 132 valence electrons. The normalized spacial score (nSPS) is 10.0. The van der Waals surface area contributed by atoms with E-state index >= 15 is 0 Å². The Morgan fingerprint density at radius 2 is 1.68 bits per heavy atom. The number of ether oxygens (including phenoxy) is 4. The molecule has 25 heavy (non-hydrogen) atoms. The Morgan fingerprint density at radius 3 is 2.36 bits per heavy atom. The van der Waals surface area contributed by atoms with Gasteiger partial charge in [-0.25, -0.2) is 4.79 Å². The zero-order valence-corrected chi connectivity index (χ0v) is 14.4. The molecular weight excluding hydrogens is 324 g/mol. The second-order valence-corrected chi connectivity index (χ2v) is 4.99. The number of carbonyl (C=O) groups is 2. The van der Waals surface area contributed by atoms with Gasteiger partial charge in [-0.3, -0.25) is 4.79 Å². The van der Waals surface area contributed by atoms with E-state index in [1.807, 2.05) is 6.92 Å². The van der Waals surface area contributed by atoms with Crippen LogP contribution in [-0.4, -0.2) is 39.2 Å². The lowest BCUT2D eigenvalue weighted by Gasteiger charge is -2.11. The summed E-state index contributed by atoms with van der Waals surface area (Å²) in [6.07, 6.45) is 0. The van der Waals surface area contributed by atoms with Crippen LogP contribution >= 0.6 is 0 Å². The molecule has 2 aromatic carbocycles. The molecule has 0 aromatic heterocycles. The number of methoxy groups -OCH3 is 2. The van der Waals surface area contributed by atoms with E-state index in [0.29, 0.717) is 23.9 Å². The van der Waals surface area contributed by atoms with Gasteiger partial charge in [-0.15, -0.1) is 0 Å². The Labute approximate surface area is 146 Å². The van der Waals surface area contributed by atoms with Gasteiger partial charge < -0.3 is 18.9 Å². The molecule has 0 fully saturated rings. The Kier molecular flexibility index (Phi) is 6.39. The average molecular weight is 344 g/mol. The van der Waals surface area contributed by atoms with Crippen molar-refractivity contribution in [2.24, 2.45) is 0 Å². The molecule has 0 N–H and O–H groups in total. The largest absolute Gasteiger partial charge is 0.497 e. The number of hydrogen-bond donors (Lipinski definition) is 0. The van der Waals surface area contributed by atoms with Gasteiger partial charge in [-0.1, -0.05) is 12.1 Å². The summed E-state index contributed by atoms with van der Waals surface area (Å²) in [6, 6.07) is 11.6. The molecule has 2 rings (SSSR count). The second-order valence-electron chi connectivity index (χ2n) is 4.99. The fraction of sp³-hybridized carbons (Fsp3) is 0.263. The number of para-hydroxylation sites is 1. The quantitative estimate of drug-likeness (QED) is 0.541. The first kappa shape index (κ1) is 18.3. The number of esters is 1. The summed E-state index contributed by atoms with van der Waals surface area (Å²) in [5.74, 6) is 0.299. The Bertz CT molecular complexity index is 753. The number of carbonyl (C=O) groups excluding carboxylic acids is 2. The van der Waals surface area contributed by atoms with Gasteiger partial charge in [0.25, 0.3) is 0 Å². The highest BCUT2D eigenvalue weighted by molar-refractivity contribution is 6.02. The van der Waals surface area contributed by atoms with Gasteiger partial charge in [0.15, 0.2) is 6.61 Å². The number of ketones is 1. The molecule has 6 nitrogen and oxygen atoms in total. The summed E-state index contributed by atoms with van der Waals surface area (Å²) >= 11 is 0. The lowest BCUT2D eigenvalue weighted by atomic mass is 10.1. The minimum absolute atomic E-state index is 0.273. The minimum atomic E-state index is -0.626. The van der Waals surface area contributed by atoms with Crippen molar-refractivity contribution >= 4 is 11.8 Å². The summed E-state index contributed by atoms with van der Waals surface area (Å²) in [4.78, 5) is 24.6. The van der Waals surface area contributed by atoms with Crippen molar-refractivity contribution in [3.05, 3.63) is 53.6 Å². The zero-order valence-electron chi connectivity index (χ0n) is 14.4. The molecule has 0 aliphatic heterocycles. The third kappa shape index (κ3) is 4.50. The maximum atomic E-state index is 12.4. The van der Waals surface area contributed by atoms with E-state index < -0.39 is 18.4 Å². The minimum Gasteiger partial charge on any atom is -0.497 e. The maximum Gasteiger partial charge on any atom is 0.342 e. The van der Waals surface area contributed by atoms with E-state index in [1.165, 1.54) is 14.2 Å². The van der Waals surface area contributed by atoms with Crippen LogP contribution in [0.2, 0.25) is 0 Å². The fourth-order valence-electron chi connectivity index (χ4n) is 2.24. The molecule has 0 radical (unpaired) electrons. The van der Waals surface area contributed by atoms with E-state index in [4.69, 9.17) is 18.9 Å². The predicted octanol–water partition coefficient (Wildman–Crippen LogP) is 3.14. The topological polar surface area (TPSA) is 71.1 Å². The molecule has 0 spiro atoms. The molecule has 6 heteroatoms. The maximum absolute atomic E-state index is 12.4. The summed E-state index contributed by atoms with van der Waals surface area (Å²) in [5, 5.41) is 0. The molecule has 0 unspecified atom stereocenters. The van der Waals surface area contributed by atoms with Crippen LogP contribution < -0.4 is 14.2 Å². The van der Waals surface area contributed by atoms with Gasteiger partial charge >= 0.3 is 5.97 Å². The molecular formula is C19H20O6. The van der Waals surface area contributed by atoms with Gasteiger partial charge in [0.2, 0.25) is 5.78 Å². The highest BCUT2D eigenvalue weighted by Gasteiger charge is 2.18. The first-order valence-electron chi connectivity index (χ1n) is 7.74. The highest BCUT2D eigenvalue weighted by Crippen LogP contribution is 2.25. The summed E-state index contributed by atoms with van der Waals surface area (Å²) < 4.78 is 20.8. The Hall–Kier alpha value is -3.02. The van der Waals surface area contributed by atoms with E-state index in [2.05, 4.69) is 0 Å². The van der Waals surface area contributed by atoms with Crippen LogP contribution in [0.15, 0.2) is 42.5 Å². The summed E-state index contributed by atoms with van der Waals surface area (Å²) in [5.41, 5.74) is 0.558. The van der Waals surface area contributed by atoms with Crippen LogP contribution in [0.4, 0.5) is 0 Å². The van der Waals surface area contributed by atoms with Crippen LogP contribution in [0.25, 0.3) is 0 Å². The smallest absolute Gasteiger partial charge is 0.342 e. The average Bonchev–Trinajstić information content (AvgIpc) is 2.66. The van der Waals surface area contributed by atoms with E-state index in [9.17, 15) is 9.59 Å². The monoisotopic (exact) mass is 344 g/mol. The van der Waals surface area contributed by atoms with Crippen LogP contribution in [0.5, 0.6) is 17.2 Å². The fourth-order valence-corrected chi connectivity index (χ4v) is 2.24. The van der Waals surface area contributed by atoms with Gasteiger partial charge in [0.1, 0.15) is 22.8 Å². The Balaban J connectivity index is 2.11. The molecule has 0 aliphatic rings. The first-order chi connectivity index (χ1) is 12.1. The second kappa shape index (κ2) is 8.73. The number of Topliss-reactive ketones (excluding diaryl/α,β-unsaturated/α-hetero) is 1. The van der Waals surface area contributed by atoms with Crippen molar-refractivity contribution in [3.63, 3.8) is 0 Å². The SMILES string of the molecule is CCOc1ccccc1C(=O)OCC(=O)c1cc(OC)ccc1OC. The molecule has 2 aromatic rings. The van der Waals surface area contributed by atoms with Crippen LogP contribution in [0.3, 0.4) is 0 Å². The molecule has 0 saturated carbocycles. The lowest BCUT2D eigenvalue weighted by Crippen LogP contribution is -2.16. The molecule has 0 saturated heterocycles. The van der Waals surface area contributed by atoms with Crippen molar-refractivity contribution in [1.82, 2.24) is 0 Å². The molecule has 0 atom stereocenters. The van der Waals surface area contributed by atoms with E-state index in [-0.39, 0.29) is 11.1 Å². The van der Waals surface area contributed by atoms with Crippen molar-refractivity contribution in [2.75, 3.05) is 27.4 Å². The first-order valence-corrected chi connectivity index (χ1v) is 7.74. The highest BCUT2D eigenvalue weighted by atomic mass is 16.5. The summed E-state index contributed by atoms with van der Waals surface area (Å²) in [7, 11) is 2.96. The summed E-state index contributed by atoms with van der Waals surface area (Å²) in [6.45, 7) is 1.83. The lowest BCUT2D eigenvalue weighted by molar-refractivity contribution is 0.0470. The number of hydrogen-bond acceptors (Lipinski definition) is 6. The van der Waals surface area contributed by atoms with Crippen molar-refractivity contribution < 1.29 is 28.5 Å². The van der Waals surface area contributed by atoms with Crippen LogP contribution in [0.1, 0.15) is 27.6 Å². The van der Waals surface area contributed by atoms with Crippen LogP contribution in [-0.2, 0) is 4.74 Å². The van der Waals surface area contributed by atoms with Crippen LogP contribution in [0, 0.1) is 0 Å². The Morgan fingerprint density at radius 1 is 0.920 bits per heavy atom. The standard InChI is InChI=1S/C19H20O6/c1-4-24-18-8-6-5-7-14(18)19(21)25-12-16(20)15-11-13(22-2)9-10-17(15)23-3/h5-11H,4,12H2,1-3H3. The molecule has 0 heterocycles. The predicted molar refractivity (Wildman–Crippen MR) is 91.8 cm³/mol. The van der Waals surface area contributed by atoms with Gasteiger partial charge in [-0.2, -0.15) is 0 Å². The van der Waals surface area contributed by atoms with Crippen molar-refractivity contribution in [1.29, 1.82) is 0 Å². The van der Waals surface area contributed by atoms with E-state index in [0.717, 1.165) is 0 Å². The van der Waals surface area contributed by atoms with Gasteiger partial charge in [-0.05, 0) is 37.3 Å². The van der Waals surface area contributed by atoms with Crippen molar-refractivity contribution in [3.8, 4) is 17.2 Å². The molecule has 0 aliphatic carbocycles. The van der Waals surface area contributed by atoms with Crippen molar-refractivity contribution in [2.45, 2.75) is 6.92 Å². The number of benzene rings is 2.